The lowest BCUT2D eigenvalue weighted by molar-refractivity contribution is 0.0358. The maximum Gasteiger partial charge on any atom is 0.103 e. The van der Waals surface area contributed by atoms with E-state index in [9.17, 15) is 10.4 Å². The number of pyridine rings is 1. The molecule has 2 N–H and O–H groups in total. The van der Waals surface area contributed by atoms with E-state index in [1.54, 1.807) is 20.2 Å². The number of nitrogens with one attached hydrogen (secondary N) is 1. The number of methoxy groups -OCH3 is 1. The largest absolute Gasteiger partial charge is 0.388 e. The van der Waals surface area contributed by atoms with Crippen molar-refractivity contribution < 1.29 is 9.84 Å². The minimum atomic E-state index is -0.910. The summed E-state index contributed by atoms with van der Waals surface area (Å²) in [6, 6.07) is 9.75. The predicted molar refractivity (Wildman–Crippen MR) is 82.1 cm³/mol. The molecule has 2 rings (SSSR count). The number of aromatic nitrogens is 1. The number of ether oxygens (including phenoxy) is 1. The number of aliphatic hydroxyl groups is 1. The molecule has 0 spiro atoms. The Bertz CT molecular complexity index is 662. The Morgan fingerprint density at radius 3 is 2.90 bits per heavy atom. The van der Waals surface area contributed by atoms with Crippen molar-refractivity contribution in [2.75, 3.05) is 25.6 Å². The van der Waals surface area contributed by atoms with E-state index in [0.717, 1.165) is 10.9 Å². The van der Waals surface area contributed by atoms with Crippen molar-refractivity contribution in [3.8, 4) is 6.07 Å². The molecule has 0 bridgehead atoms. The van der Waals surface area contributed by atoms with Gasteiger partial charge in [0.05, 0.1) is 22.4 Å². The highest BCUT2D eigenvalue weighted by molar-refractivity contribution is 5.93. The number of fused-ring (bicyclic) bond motifs is 1. The van der Waals surface area contributed by atoms with Gasteiger partial charge in [-0.05, 0) is 13.0 Å². The SMILES string of the molecule is COCCC(C)(O)CNc1c(C#N)cnc2ccccc12. The van der Waals surface area contributed by atoms with E-state index in [1.807, 2.05) is 24.3 Å². The average molecular weight is 285 g/mol. The fourth-order valence-corrected chi connectivity index (χ4v) is 2.11. The third-order valence-electron chi connectivity index (χ3n) is 3.39. The summed E-state index contributed by atoms with van der Waals surface area (Å²) in [5.74, 6) is 0. The lowest BCUT2D eigenvalue weighted by Crippen LogP contribution is -2.34. The topological polar surface area (TPSA) is 78.2 Å². The molecule has 0 saturated heterocycles. The maximum absolute atomic E-state index is 10.3. The van der Waals surface area contributed by atoms with Crippen LogP contribution in [0, 0.1) is 11.3 Å². The van der Waals surface area contributed by atoms with Crippen LogP contribution >= 0.6 is 0 Å². The molecule has 0 fully saturated rings. The van der Waals surface area contributed by atoms with Gasteiger partial charge in [-0.25, -0.2) is 0 Å². The van der Waals surface area contributed by atoms with Gasteiger partial charge >= 0.3 is 0 Å². The van der Waals surface area contributed by atoms with Crippen LogP contribution in [-0.4, -0.2) is 36.0 Å². The monoisotopic (exact) mass is 285 g/mol. The number of hydrogen-bond donors (Lipinski definition) is 2. The highest BCUT2D eigenvalue weighted by atomic mass is 16.5. The molecule has 5 nitrogen and oxygen atoms in total. The van der Waals surface area contributed by atoms with E-state index in [1.165, 1.54) is 0 Å². The molecule has 1 aromatic heterocycles. The zero-order valence-electron chi connectivity index (χ0n) is 12.3. The summed E-state index contributed by atoms with van der Waals surface area (Å²) in [6.07, 6.45) is 2.07. The first-order valence-corrected chi connectivity index (χ1v) is 6.80. The van der Waals surface area contributed by atoms with E-state index in [2.05, 4.69) is 16.4 Å². The summed E-state index contributed by atoms with van der Waals surface area (Å²) >= 11 is 0. The molecule has 0 aliphatic heterocycles. The number of anilines is 1. The smallest absolute Gasteiger partial charge is 0.103 e. The van der Waals surface area contributed by atoms with Crippen molar-refractivity contribution in [3.63, 3.8) is 0 Å². The van der Waals surface area contributed by atoms with Gasteiger partial charge < -0.3 is 15.2 Å². The first-order valence-electron chi connectivity index (χ1n) is 6.80. The quantitative estimate of drug-likeness (QED) is 0.851. The standard InChI is InChI=1S/C16H19N3O2/c1-16(20,7-8-21-2)11-19-15-12(9-17)10-18-14-6-4-3-5-13(14)15/h3-6,10,20H,7-8,11H2,1-2H3,(H,18,19). The highest BCUT2D eigenvalue weighted by Gasteiger charge is 2.21. The fourth-order valence-electron chi connectivity index (χ4n) is 2.11. The Labute approximate surface area is 124 Å². The van der Waals surface area contributed by atoms with Crippen molar-refractivity contribution in [1.29, 1.82) is 5.26 Å². The number of nitriles is 1. The second-order valence-corrected chi connectivity index (χ2v) is 5.27. The van der Waals surface area contributed by atoms with Crippen molar-refractivity contribution in [1.82, 2.24) is 4.98 Å². The van der Waals surface area contributed by atoms with Gasteiger partial charge in [0.2, 0.25) is 0 Å². The molecule has 0 amide bonds. The van der Waals surface area contributed by atoms with Crippen LogP contribution in [0.4, 0.5) is 5.69 Å². The molecule has 1 aromatic carbocycles. The van der Waals surface area contributed by atoms with Crippen LogP contribution in [0.1, 0.15) is 18.9 Å². The normalized spacial score (nSPS) is 13.6. The number of benzene rings is 1. The van der Waals surface area contributed by atoms with E-state index in [0.29, 0.717) is 30.8 Å². The fraction of sp³-hybridized carbons (Fsp3) is 0.375. The van der Waals surface area contributed by atoms with Gasteiger partial charge in [0.25, 0.3) is 0 Å². The van der Waals surface area contributed by atoms with Crippen LogP contribution in [0.3, 0.4) is 0 Å². The van der Waals surface area contributed by atoms with Crippen LogP contribution < -0.4 is 5.32 Å². The molecule has 2 aromatic rings. The van der Waals surface area contributed by atoms with Crippen molar-refractivity contribution in [2.24, 2.45) is 0 Å². The molecule has 5 heteroatoms. The third kappa shape index (κ3) is 3.69. The van der Waals surface area contributed by atoms with Crippen LogP contribution in [-0.2, 0) is 4.74 Å². The first-order chi connectivity index (χ1) is 10.1. The van der Waals surface area contributed by atoms with Gasteiger partial charge in [0, 0.05) is 38.3 Å². The zero-order valence-corrected chi connectivity index (χ0v) is 12.3. The Morgan fingerprint density at radius 1 is 1.43 bits per heavy atom. The third-order valence-corrected chi connectivity index (χ3v) is 3.39. The maximum atomic E-state index is 10.3. The molecule has 0 aliphatic carbocycles. The molecule has 0 saturated carbocycles. The van der Waals surface area contributed by atoms with E-state index >= 15 is 0 Å². The highest BCUT2D eigenvalue weighted by Crippen LogP contribution is 2.26. The first kappa shape index (κ1) is 15.2. The van der Waals surface area contributed by atoms with Gasteiger partial charge in [0.1, 0.15) is 6.07 Å². The lowest BCUT2D eigenvalue weighted by atomic mass is 10.0. The predicted octanol–water partition coefficient (Wildman–Crippen LogP) is 2.31. The van der Waals surface area contributed by atoms with E-state index in [-0.39, 0.29) is 0 Å². The molecule has 1 atom stereocenters. The van der Waals surface area contributed by atoms with Crippen molar-refractivity contribution >= 4 is 16.6 Å². The number of nitrogens with zero attached hydrogens (tertiary/aromatic N) is 2. The molecular formula is C16H19N3O2. The summed E-state index contributed by atoms with van der Waals surface area (Å²) in [4.78, 5) is 4.26. The second-order valence-electron chi connectivity index (χ2n) is 5.27. The number of para-hydroxylation sites is 1. The molecule has 110 valence electrons. The Morgan fingerprint density at radius 2 is 2.19 bits per heavy atom. The minimum Gasteiger partial charge on any atom is -0.388 e. The van der Waals surface area contributed by atoms with Gasteiger partial charge in [-0.1, -0.05) is 18.2 Å². The average Bonchev–Trinajstić information content (AvgIpc) is 2.50. The lowest BCUT2D eigenvalue weighted by Gasteiger charge is -2.24. The molecule has 1 heterocycles. The number of rotatable bonds is 6. The van der Waals surface area contributed by atoms with E-state index < -0.39 is 5.60 Å². The summed E-state index contributed by atoms with van der Waals surface area (Å²) in [6.45, 7) is 2.56. The minimum absolute atomic E-state index is 0.332. The summed E-state index contributed by atoms with van der Waals surface area (Å²) in [5.41, 5.74) is 1.08. The van der Waals surface area contributed by atoms with Crippen LogP contribution in [0.25, 0.3) is 10.9 Å². The Kier molecular flexibility index (Phi) is 4.73. The molecule has 0 aliphatic rings. The number of hydrogen-bond acceptors (Lipinski definition) is 5. The van der Waals surface area contributed by atoms with Crippen molar-refractivity contribution in [3.05, 3.63) is 36.0 Å². The summed E-state index contributed by atoms with van der Waals surface area (Å²) in [7, 11) is 1.60. The second kappa shape index (κ2) is 6.53. The van der Waals surface area contributed by atoms with Gasteiger partial charge in [0.15, 0.2) is 0 Å². The summed E-state index contributed by atoms with van der Waals surface area (Å²) < 4.78 is 4.99. The zero-order chi connectivity index (χ0) is 15.3. The van der Waals surface area contributed by atoms with Crippen molar-refractivity contribution in [2.45, 2.75) is 18.9 Å². The van der Waals surface area contributed by atoms with Crippen LogP contribution in [0.5, 0.6) is 0 Å². The Hall–Kier alpha value is -2.16. The van der Waals surface area contributed by atoms with E-state index in [4.69, 9.17) is 4.74 Å². The van der Waals surface area contributed by atoms with Crippen LogP contribution in [0.15, 0.2) is 30.5 Å². The summed E-state index contributed by atoms with van der Waals surface area (Å²) in [5, 5.41) is 23.6. The molecule has 0 radical (unpaired) electrons. The van der Waals surface area contributed by atoms with Gasteiger partial charge in [-0.15, -0.1) is 0 Å². The van der Waals surface area contributed by atoms with Crippen LogP contribution in [0.2, 0.25) is 0 Å². The molecule has 21 heavy (non-hydrogen) atoms. The Balaban J connectivity index is 2.27. The molecule has 1 unspecified atom stereocenters. The van der Waals surface area contributed by atoms with Gasteiger partial charge in [-0.3, -0.25) is 4.98 Å². The molecular weight excluding hydrogens is 266 g/mol. The van der Waals surface area contributed by atoms with Gasteiger partial charge in [-0.2, -0.15) is 5.26 Å².